The normalized spacial score (nSPS) is 10.7. The largest absolute Gasteiger partial charge is 0.351 e. The number of amides is 1. The topological polar surface area (TPSA) is 60.9 Å². The van der Waals surface area contributed by atoms with Gasteiger partial charge in [-0.2, -0.15) is 0 Å². The summed E-state index contributed by atoms with van der Waals surface area (Å²) in [5.74, 6) is 0.569. The van der Waals surface area contributed by atoms with Crippen molar-refractivity contribution in [2.45, 2.75) is 0 Å². The molecule has 1 amide bonds. The van der Waals surface area contributed by atoms with Crippen LogP contribution in [-0.4, -0.2) is 15.6 Å². The zero-order valence-electron chi connectivity index (χ0n) is 9.58. The molecule has 1 aromatic heterocycles. The fraction of sp³-hybridized carbons (Fsp3) is 0. The maximum absolute atomic E-state index is 11.3. The second-order valence-corrected chi connectivity index (χ2v) is 3.99. The van der Waals surface area contributed by atoms with Crippen molar-refractivity contribution in [2.75, 3.05) is 0 Å². The number of benzene rings is 2. The van der Waals surface area contributed by atoms with Gasteiger partial charge < -0.3 is 5.73 Å². The molecule has 0 saturated carbocycles. The highest BCUT2D eigenvalue weighted by molar-refractivity contribution is 5.96. The van der Waals surface area contributed by atoms with Crippen molar-refractivity contribution in [3.05, 3.63) is 54.9 Å². The number of carbonyl (C=O) groups is 1. The number of rotatable bonds is 1. The minimum absolute atomic E-state index is 0.532. The molecule has 4 nitrogen and oxygen atoms in total. The van der Waals surface area contributed by atoms with E-state index in [1.807, 2.05) is 42.5 Å². The van der Waals surface area contributed by atoms with E-state index in [4.69, 9.17) is 5.73 Å². The van der Waals surface area contributed by atoms with Crippen molar-refractivity contribution >= 4 is 16.8 Å². The molecule has 2 aromatic carbocycles. The van der Waals surface area contributed by atoms with Crippen LogP contribution >= 0.6 is 0 Å². The highest BCUT2D eigenvalue weighted by Gasteiger charge is 2.11. The number of hydrogen-bond acceptors (Lipinski definition) is 2. The second kappa shape index (κ2) is 4.00. The van der Waals surface area contributed by atoms with E-state index in [1.165, 1.54) is 4.57 Å². The first-order chi connectivity index (χ1) is 8.77. The molecular formula is C14H11N3O. The van der Waals surface area contributed by atoms with E-state index in [9.17, 15) is 4.79 Å². The van der Waals surface area contributed by atoms with Gasteiger partial charge in [-0.3, -0.25) is 4.57 Å². The van der Waals surface area contributed by atoms with Gasteiger partial charge in [-0.05, 0) is 10.8 Å². The molecule has 0 aliphatic heterocycles. The molecule has 0 saturated heterocycles. The highest BCUT2D eigenvalue weighted by Crippen LogP contribution is 2.27. The third-order valence-corrected chi connectivity index (χ3v) is 2.91. The molecule has 2 N–H and O–H groups in total. The Bertz CT molecular complexity index is 725. The van der Waals surface area contributed by atoms with Gasteiger partial charge in [-0.15, -0.1) is 0 Å². The van der Waals surface area contributed by atoms with Gasteiger partial charge in [0.1, 0.15) is 5.82 Å². The maximum Gasteiger partial charge on any atom is 0.324 e. The lowest BCUT2D eigenvalue weighted by Gasteiger charge is -2.07. The van der Waals surface area contributed by atoms with Crippen LogP contribution in [0, 0.1) is 0 Å². The summed E-state index contributed by atoms with van der Waals surface area (Å²) in [7, 11) is 0. The second-order valence-electron chi connectivity index (χ2n) is 3.99. The van der Waals surface area contributed by atoms with Crippen molar-refractivity contribution in [1.82, 2.24) is 9.55 Å². The Balaban J connectivity index is 2.32. The molecule has 0 spiro atoms. The molecule has 18 heavy (non-hydrogen) atoms. The summed E-state index contributed by atoms with van der Waals surface area (Å²) in [5.41, 5.74) is 6.22. The average molecular weight is 237 g/mol. The van der Waals surface area contributed by atoms with Crippen molar-refractivity contribution in [2.24, 2.45) is 5.73 Å². The Labute approximate surface area is 104 Å². The van der Waals surface area contributed by atoms with Crippen LogP contribution in [-0.2, 0) is 0 Å². The number of nitrogens with two attached hydrogens (primary N) is 1. The van der Waals surface area contributed by atoms with Gasteiger partial charge in [-0.1, -0.05) is 42.5 Å². The lowest BCUT2D eigenvalue weighted by atomic mass is 10.0. The quantitative estimate of drug-likeness (QED) is 0.707. The predicted octanol–water partition coefficient (Wildman–Crippen LogP) is 2.63. The molecule has 0 aliphatic rings. The number of fused-ring (bicyclic) bond motifs is 1. The molecule has 3 aromatic rings. The molecule has 4 heteroatoms. The molecule has 0 aliphatic carbocycles. The van der Waals surface area contributed by atoms with Crippen LogP contribution in [0.15, 0.2) is 54.9 Å². The van der Waals surface area contributed by atoms with E-state index in [0.717, 1.165) is 16.3 Å². The van der Waals surface area contributed by atoms with Crippen LogP contribution in [0.2, 0.25) is 0 Å². The Kier molecular flexibility index (Phi) is 2.34. The number of nitrogens with zero attached hydrogens (tertiary/aromatic N) is 2. The molecule has 0 fully saturated rings. The first-order valence-electron chi connectivity index (χ1n) is 5.58. The Morgan fingerprint density at radius 2 is 1.89 bits per heavy atom. The van der Waals surface area contributed by atoms with Gasteiger partial charge in [0.15, 0.2) is 0 Å². The number of aromatic nitrogens is 2. The fourth-order valence-electron chi connectivity index (χ4n) is 2.10. The monoisotopic (exact) mass is 237 g/mol. The van der Waals surface area contributed by atoms with Crippen molar-refractivity contribution in [3.8, 4) is 11.4 Å². The van der Waals surface area contributed by atoms with E-state index in [2.05, 4.69) is 4.98 Å². The van der Waals surface area contributed by atoms with Crippen LogP contribution in [0.5, 0.6) is 0 Å². The van der Waals surface area contributed by atoms with Crippen LogP contribution in [0.25, 0.3) is 22.2 Å². The molecule has 0 bridgehead atoms. The molecule has 3 rings (SSSR count). The van der Waals surface area contributed by atoms with Crippen LogP contribution in [0.1, 0.15) is 0 Å². The minimum Gasteiger partial charge on any atom is -0.351 e. The van der Waals surface area contributed by atoms with Gasteiger partial charge in [0.2, 0.25) is 0 Å². The molecule has 88 valence electrons. The van der Waals surface area contributed by atoms with Gasteiger partial charge in [0, 0.05) is 18.0 Å². The van der Waals surface area contributed by atoms with Gasteiger partial charge >= 0.3 is 6.03 Å². The van der Waals surface area contributed by atoms with Gasteiger partial charge in [0.05, 0.1) is 0 Å². The summed E-state index contributed by atoms with van der Waals surface area (Å²) in [6.45, 7) is 0. The third-order valence-electron chi connectivity index (χ3n) is 2.91. The Morgan fingerprint density at radius 1 is 1.11 bits per heavy atom. The van der Waals surface area contributed by atoms with E-state index in [1.54, 1.807) is 12.4 Å². The van der Waals surface area contributed by atoms with E-state index in [0.29, 0.717) is 5.82 Å². The van der Waals surface area contributed by atoms with E-state index >= 15 is 0 Å². The summed E-state index contributed by atoms with van der Waals surface area (Å²) in [5, 5.41) is 2.16. The van der Waals surface area contributed by atoms with Gasteiger partial charge in [0.25, 0.3) is 0 Å². The molecule has 1 heterocycles. The van der Waals surface area contributed by atoms with Crippen LogP contribution < -0.4 is 5.73 Å². The summed E-state index contributed by atoms with van der Waals surface area (Å²) >= 11 is 0. The van der Waals surface area contributed by atoms with Crippen molar-refractivity contribution in [3.63, 3.8) is 0 Å². The molecule has 0 atom stereocenters. The number of hydrogen-bond donors (Lipinski definition) is 1. The number of primary amides is 1. The van der Waals surface area contributed by atoms with Crippen LogP contribution in [0.3, 0.4) is 0 Å². The predicted molar refractivity (Wildman–Crippen MR) is 70.2 cm³/mol. The van der Waals surface area contributed by atoms with Crippen LogP contribution in [0.4, 0.5) is 4.79 Å². The zero-order valence-corrected chi connectivity index (χ0v) is 9.58. The summed E-state index contributed by atoms with van der Waals surface area (Å²) in [6.07, 6.45) is 3.14. The first-order valence-corrected chi connectivity index (χ1v) is 5.58. The summed E-state index contributed by atoms with van der Waals surface area (Å²) < 4.78 is 1.35. The molecule has 0 unspecified atom stereocenters. The molecular weight excluding hydrogens is 226 g/mol. The fourth-order valence-corrected chi connectivity index (χ4v) is 2.10. The standard InChI is InChI=1S/C14H11N3O/c15-14(18)17-9-8-16-13(17)12-7-3-5-10-4-1-2-6-11(10)12/h1-9H,(H2,15,18). The minimum atomic E-state index is -0.532. The van der Waals surface area contributed by atoms with Crippen molar-refractivity contribution in [1.29, 1.82) is 0 Å². The van der Waals surface area contributed by atoms with E-state index in [-0.39, 0.29) is 0 Å². The van der Waals surface area contributed by atoms with Crippen molar-refractivity contribution < 1.29 is 4.79 Å². The molecule has 0 radical (unpaired) electrons. The SMILES string of the molecule is NC(=O)n1ccnc1-c1cccc2ccccc12. The maximum atomic E-state index is 11.3. The summed E-state index contributed by atoms with van der Waals surface area (Å²) in [4.78, 5) is 15.6. The Hall–Kier alpha value is -2.62. The highest BCUT2D eigenvalue weighted by atomic mass is 16.2. The smallest absolute Gasteiger partial charge is 0.324 e. The zero-order chi connectivity index (χ0) is 12.5. The lowest BCUT2D eigenvalue weighted by Crippen LogP contribution is -2.19. The first kappa shape index (κ1) is 10.5. The van der Waals surface area contributed by atoms with Gasteiger partial charge in [-0.25, -0.2) is 9.78 Å². The average Bonchev–Trinajstić information content (AvgIpc) is 2.87. The third kappa shape index (κ3) is 1.55. The number of imidazole rings is 1. The summed E-state index contributed by atoms with van der Waals surface area (Å²) in [6, 6.07) is 13.3. The number of carbonyl (C=O) groups excluding carboxylic acids is 1. The Morgan fingerprint density at radius 3 is 2.72 bits per heavy atom. The van der Waals surface area contributed by atoms with E-state index < -0.39 is 6.03 Å². The lowest BCUT2D eigenvalue weighted by molar-refractivity contribution is 0.250.